The van der Waals surface area contributed by atoms with Gasteiger partial charge in [-0.15, -0.1) is 11.3 Å². The maximum Gasteiger partial charge on any atom is 0.340 e. The van der Waals surface area contributed by atoms with Crippen LogP contribution in [0.3, 0.4) is 0 Å². The maximum absolute atomic E-state index is 11.8. The first-order valence-corrected chi connectivity index (χ1v) is 5.82. The number of hydrogen-bond donors (Lipinski definition) is 1. The van der Waals surface area contributed by atoms with Crippen LogP contribution >= 0.6 is 11.3 Å². The first kappa shape index (κ1) is 12.7. The van der Waals surface area contributed by atoms with E-state index in [0.29, 0.717) is 16.4 Å². The van der Waals surface area contributed by atoms with Crippen molar-refractivity contribution in [2.45, 2.75) is 33.3 Å². The zero-order valence-corrected chi connectivity index (χ0v) is 10.7. The molecule has 88 valence electrons. The number of aromatic nitrogens is 1. The van der Waals surface area contributed by atoms with E-state index in [1.165, 1.54) is 11.3 Å². The highest BCUT2D eigenvalue weighted by atomic mass is 32.1. The number of nitrogens with two attached hydrogens (primary N) is 1. The third-order valence-electron chi connectivity index (χ3n) is 1.71. The number of anilines is 1. The van der Waals surface area contributed by atoms with E-state index in [4.69, 9.17) is 10.5 Å². The maximum atomic E-state index is 11.8. The highest BCUT2D eigenvalue weighted by Crippen LogP contribution is 2.22. The lowest BCUT2D eigenvalue weighted by atomic mass is 10.1. The third-order valence-corrected chi connectivity index (χ3v) is 2.38. The fourth-order valence-corrected chi connectivity index (χ4v) is 1.68. The van der Waals surface area contributed by atoms with Crippen molar-refractivity contribution in [3.05, 3.63) is 17.2 Å². The van der Waals surface area contributed by atoms with Gasteiger partial charge in [-0.25, -0.2) is 9.78 Å². The summed E-state index contributed by atoms with van der Waals surface area (Å²) in [7, 11) is 0. The number of ether oxygens (including phenoxy) is 1. The van der Waals surface area contributed by atoms with E-state index in [2.05, 4.69) is 4.98 Å². The van der Waals surface area contributed by atoms with E-state index < -0.39 is 5.60 Å². The van der Waals surface area contributed by atoms with Crippen LogP contribution in [-0.4, -0.2) is 16.6 Å². The number of hydrogen-bond acceptors (Lipinski definition) is 5. The fraction of sp³-hybridized carbons (Fsp3) is 0.455. The molecule has 4 nitrogen and oxygen atoms in total. The van der Waals surface area contributed by atoms with Gasteiger partial charge >= 0.3 is 5.97 Å². The van der Waals surface area contributed by atoms with Crippen molar-refractivity contribution in [1.82, 2.24) is 4.98 Å². The molecule has 0 saturated heterocycles. The van der Waals surface area contributed by atoms with Gasteiger partial charge in [-0.2, -0.15) is 0 Å². The lowest BCUT2D eigenvalue weighted by Crippen LogP contribution is -2.24. The molecule has 0 fully saturated rings. The summed E-state index contributed by atoms with van der Waals surface area (Å²) in [5.74, 6) is -0.375. The zero-order chi connectivity index (χ0) is 12.3. The van der Waals surface area contributed by atoms with Crippen LogP contribution in [-0.2, 0) is 9.53 Å². The third kappa shape index (κ3) is 3.34. The van der Waals surface area contributed by atoms with Gasteiger partial charge < -0.3 is 10.5 Å². The summed E-state index contributed by atoms with van der Waals surface area (Å²) in [5.41, 5.74) is 6.04. The molecule has 0 aromatic carbocycles. The SMILES string of the molecule is CC=C(C(=O)OC(C)(C)C)c1csc(N)n1. The highest BCUT2D eigenvalue weighted by molar-refractivity contribution is 7.13. The molecule has 16 heavy (non-hydrogen) atoms. The van der Waals surface area contributed by atoms with E-state index in [0.717, 1.165) is 0 Å². The molecule has 1 heterocycles. The summed E-state index contributed by atoms with van der Waals surface area (Å²) in [6, 6.07) is 0. The van der Waals surface area contributed by atoms with Crippen molar-refractivity contribution >= 4 is 28.0 Å². The molecule has 5 heteroatoms. The number of rotatable bonds is 2. The molecular formula is C11H16N2O2S. The Labute approximate surface area is 99.1 Å². The molecule has 1 rings (SSSR count). The number of carbonyl (C=O) groups is 1. The summed E-state index contributed by atoms with van der Waals surface area (Å²) >= 11 is 1.30. The minimum absolute atomic E-state index is 0.375. The lowest BCUT2D eigenvalue weighted by Gasteiger charge is -2.20. The largest absolute Gasteiger partial charge is 0.456 e. The van der Waals surface area contributed by atoms with Gasteiger partial charge in [0.05, 0.1) is 11.3 Å². The normalized spacial score (nSPS) is 12.6. The number of esters is 1. The predicted octanol–water partition coefficient (Wildman–Crippen LogP) is 2.47. The molecule has 0 aliphatic carbocycles. The average molecular weight is 240 g/mol. The Morgan fingerprint density at radius 2 is 2.19 bits per heavy atom. The Balaban J connectivity index is 2.89. The lowest BCUT2D eigenvalue weighted by molar-refractivity contribution is -0.147. The molecule has 2 N–H and O–H groups in total. The Morgan fingerprint density at radius 3 is 2.56 bits per heavy atom. The zero-order valence-electron chi connectivity index (χ0n) is 9.90. The van der Waals surface area contributed by atoms with Gasteiger partial charge in [0.1, 0.15) is 5.60 Å². The Morgan fingerprint density at radius 1 is 1.56 bits per heavy atom. The topological polar surface area (TPSA) is 65.2 Å². The fourth-order valence-electron chi connectivity index (χ4n) is 1.11. The molecule has 0 unspecified atom stereocenters. The van der Waals surface area contributed by atoms with Gasteiger partial charge in [0.25, 0.3) is 0 Å². The highest BCUT2D eigenvalue weighted by Gasteiger charge is 2.21. The predicted molar refractivity (Wildman–Crippen MR) is 66.0 cm³/mol. The second-order valence-electron chi connectivity index (χ2n) is 4.28. The summed E-state index contributed by atoms with van der Waals surface area (Å²) in [4.78, 5) is 15.9. The van der Waals surface area contributed by atoms with Crippen molar-refractivity contribution in [3.63, 3.8) is 0 Å². The van der Waals surface area contributed by atoms with E-state index in [1.54, 1.807) is 18.4 Å². The van der Waals surface area contributed by atoms with Crippen molar-refractivity contribution < 1.29 is 9.53 Å². The first-order chi connectivity index (χ1) is 7.33. The molecule has 0 aliphatic rings. The molecule has 0 spiro atoms. The van der Waals surface area contributed by atoms with E-state index in [9.17, 15) is 4.79 Å². The minimum Gasteiger partial charge on any atom is -0.456 e. The van der Waals surface area contributed by atoms with Crippen LogP contribution in [0.5, 0.6) is 0 Å². The number of nitrogens with zero attached hydrogens (tertiary/aromatic N) is 1. The summed E-state index contributed by atoms with van der Waals surface area (Å²) in [5, 5.41) is 2.19. The standard InChI is InChI=1S/C11H16N2O2S/c1-5-7(8-6-16-10(12)13-8)9(14)15-11(2,3)4/h5-6H,1-4H3,(H2,12,13). The molecule has 1 aromatic heterocycles. The molecule has 0 atom stereocenters. The van der Waals surface area contributed by atoms with Crippen molar-refractivity contribution in [2.75, 3.05) is 5.73 Å². The number of carbonyl (C=O) groups excluding carboxylic acids is 1. The van der Waals surface area contributed by atoms with Gasteiger partial charge in [-0.1, -0.05) is 6.08 Å². The summed E-state index contributed by atoms with van der Waals surface area (Å²) in [6.45, 7) is 7.25. The second-order valence-corrected chi connectivity index (χ2v) is 5.16. The van der Waals surface area contributed by atoms with E-state index in [1.807, 2.05) is 20.8 Å². The monoisotopic (exact) mass is 240 g/mol. The van der Waals surface area contributed by atoms with Crippen LogP contribution in [0, 0.1) is 0 Å². The van der Waals surface area contributed by atoms with Crippen molar-refractivity contribution in [2.24, 2.45) is 0 Å². The summed E-state index contributed by atoms with van der Waals surface area (Å²) in [6.07, 6.45) is 1.68. The van der Waals surface area contributed by atoms with E-state index >= 15 is 0 Å². The molecule has 1 aromatic rings. The van der Waals surface area contributed by atoms with Crippen LogP contribution in [0.15, 0.2) is 11.5 Å². The van der Waals surface area contributed by atoms with Crippen molar-refractivity contribution in [3.8, 4) is 0 Å². The molecular weight excluding hydrogens is 224 g/mol. The molecule has 0 saturated carbocycles. The number of thiazole rings is 1. The van der Waals surface area contributed by atoms with Gasteiger partial charge in [-0.05, 0) is 27.7 Å². The smallest absolute Gasteiger partial charge is 0.340 e. The quantitative estimate of drug-likeness (QED) is 0.637. The first-order valence-electron chi connectivity index (χ1n) is 4.94. The van der Waals surface area contributed by atoms with Gasteiger partial charge in [0.2, 0.25) is 0 Å². The summed E-state index contributed by atoms with van der Waals surface area (Å²) < 4.78 is 5.27. The van der Waals surface area contributed by atoms with E-state index in [-0.39, 0.29) is 5.97 Å². The molecule has 0 radical (unpaired) electrons. The van der Waals surface area contributed by atoms with Gasteiger partial charge in [0.15, 0.2) is 5.13 Å². The van der Waals surface area contributed by atoms with Crippen LogP contribution < -0.4 is 5.73 Å². The second kappa shape index (κ2) is 4.65. The Bertz CT molecular complexity index is 416. The Kier molecular flexibility index (Phi) is 3.70. The molecule has 0 bridgehead atoms. The molecule has 0 aliphatic heterocycles. The number of allylic oxidation sites excluding steroid dienone is 1. The molecule has 0 amide bonds. The number of nitrogen functional groups attached to an aromatic ring is 1. The minimum atomic E-state index is -0.507. The van der Waals surface area contributed by atoms with Crippen LogP contribution in [0.2, 0.25) is 0 Å². The van der Waals surface area contributed by atoms with Crippen LogP contribution in [0.1, 0.15) is 33.4 Å². The average Bonchev–Trinajstić information content (AvgIpc) is 2.49. The van der Waals surface area contributed by atoms with Crippen molar-refractivity contribution in [1.29, 1.82) is 0 Å². The van der Waals surface area contributed by atoms with Gasteiger partial charge in [-0.3, -0.25) is 0 Å². The van der Waals surface area contributed by atoms with Gasteiger partial charge in [0, 0.05) is 5.38 Å². The Hall–Kier alpha value is -1.36. The van der Waals surface area contributed by atoms with Crippen LogP contribution in [0.25, 0.3) is 5.57 Å². The van der Waals surface area contributed by atoms with Crippen LogP contribution in [0.4, 0.5) is 5.13 Å².